The smallest absolute Gasteiger partial charge is 0.242 e. The van der Waals surface area contributed by atoms with Gasteiger partial charge in [0.15, 0.2) is 0 Å². The van der Waals surface area contributed by atoms with Crippen molar-refractivity contribution in [2.75, 3.05) is 45.6 Å². The maximum absolute atomic E-state index is 12.6. The molecule has 258 valence electrons. The lowest BCUT2D eigenvalue weighted by Gasteiger charge is -2.32. The van der Waals surface area contributed by atoms with Crippen molar-refractivity contribution < 1.29 is 33.4 Å². The molecule has 5 amide bonds. The zero-order chi connectivity index (χ0) is 34.0. The largest absolute Gasteiger partial charge is 0.388 e. The Labute approximate surface area is 271 Å². The van der Waals surface area contributed by atoms with Gasteiger partial charge in [0, 0.05) is 45.3 Å². The van der Waals surface area contributed by atoms with Gasteiger partial charge in [-0.05, 0) is 72.6 Å². The number of unbranched alkanes of at least 4 members (excludes halogenated alkanes) is 1. The zero-order valence-electron chi connectivity index (χ0n) is 27.6. The van der Waals surface area contributed by atoms with Crippen LogP contribution in [0.1, 0.15) is 85.5 Å². The summed E-state index contributed by atoms with van der Waals surface area (Å²) in [6.07, 6.45) is 3.25. The predicted octanol–water partition coefficient (Wildman–Crippen LogP) is 0.800. The van der Waals surface area contributed by atoms with Crippen molar-refractivity contribution in [1.82, 2.24) is 20.9 Å². The molecule has 0 radical (unpaired) electrons. The van der Waals surface area contributed by atoms with Crippen molar-refractivity contribution in [3.05, 3.63) is 0 Å². The molecule has 8 N–H and O–H groups in total. The SMILES string of the molecule is CNCCOC(C)(C)COC(C)(C)CCC(=O)NC(CCCCNC(=O)CCN1C(=O)CC(SCCCC(=N)N)C1=O)C(N)=O. The number of thioether (sulfide) groups is 1. The van der Waals surface area contributed by atoms with Crippen LogP contribution < -0.4 is 27.4 Å². The molecule has 15 heteroatoms. The fourth-order valence-electron chi connectivity index (χ4n) is 4.39. The van der Waals surface area contributed by atoms with E-state index in [1.165, 1.54) is 11.8 Å². The highest BCUT2D eigenvalue weighted by Gasteiger charge is 2.38. The monoisotopic (exact) mass is 657 g/mol. The van der Waals surface area contributed by atoms with Gasteiger partial charge < -0.3 is 36.9 Å². The van der Waals surface area contributed by atoms with Crippen molar-refractivity contribution in [2.45, 2.75) is 108 Å². The molecule has 1 fully saturated rings. The fourth-order valence-corrected chi connectivity index (χ4v) is 5.51. The molecule has 0 aliphatic carbocycles. The van der Waals surface area contributed by atoms with Crippen LogP contribution >= 0.6 is 11.8 Å². The molecule has 1 rings (SSSR count). The molecule has 0 aromatic rings. The maximum atomic E-state index is 12.6. The highest BCUT2D eigenvalue weighted by atomic mass is 32.2. The highest BCUT2D eigenvalue weighted by Crippen LogP contribution is 2.26. The molecule has 14 nitrogen and oxygen atoms in total. The standard InChI is InChI=1S/C30H55N7O7S/c1-29(2,44-20-30(3,4)43-17-15-34-5)13-11-25(39)36-21(27(33)41)9-6-7-14-35-24(38)12-16-37-26(40)19-22(28(37)42)45-18-8-10-23(31)32/h21-22,34H,6-20H2,1-5H3,(H3,31,32)(H2,33,41)(H,35,38)(H,36,39). The van der Waals surface area contributed by atoms with Gasteiger partial charge in [-0.25, -0.2) is 0 Å². The first-order chi connectivity index (χ1) is 21.1. The van der Waals surface area contributed by atoms with Crippen LogP contribution in [0.2, 0.25) is 0 Å². The molecule has 0 saturated carbocycles. The third-order valence-electron chi connectivity index (χ3n) is 7.20. The Morgan fingerprint density at radius 1 is 1.00 bits per heavy atom. The van der Waals surface area contributed by atoms with E-state index in [1.54, 1.807) is 0 Å². The number of rotatable bonds is 25. The van der Waals surface area contributed by atoms with Crippen molar-refractivity contribution >= 4 is 47.1 Å². The molecule has 2 atom stereocenters. The number of imide groups is 1. The molecule has 0 aromatic carbocycles. The van der Waals surface area contributed by atoms with Gasteiger partial charge in [-0.3, -0.25) is 34.3 Å². The number of primary amides is 1. The lowest BCUT2D eigenvalue weighted by Crippen LogP contribution is -2.45. The van der Waals surface area contributed by atoms with E-state index in [0.717, 1.165) is 11.4 Å². The van der Waals surface area contributed by atoms with E-state index >= 15 is 0 Å². The van der Waals surface area contributed by atoms with Crippen LogP contribution in [0, 0.1) is 5.41 Å². The predicted molar refractivity (Wildman–Crippen MR) is 175 cm³/mol. The molecule has 1 aliphatic heterocycles. The normalized spacial score (nSPS) is 16.1. The summed E-state index contributed by atoms with van der Waals surface area (Å²) in [5, 5.41) is 15.3. The number of carbonyl (C=O) groups excluding carboxylic acids is 5. The summed E-state index contributed by atoms with van der Waals surface area (Å²) < 4.78 is 11.9. The van der Waals surface area contributed by atoms with E-state index in [4.69, 9.17) is 26.4 Å². The Balaban J connectivity index is 2.31. The molecular weight excluding hydrogens is 602 g/mol. The van der Waals surface area contributed by atoms with Gasteiger partial charge in [0.2, 0.25) is 29.5 Å². The van der Waals surface area contributed by atoms with Crippen LogP contribution in [0.25, 0.3) is 0 Å². The zero-order valence-corrected chi connectivity index (χ0v) is 28.4. The summed E-state index contributed by atoms with van der Waals surface area (Å²) in [5.74, 6) is -1.07. The molecule has 0 spiro atoms. The van der Waals surface area contributed by atoms with Crippen LogP contribution in [0.3, 0.4) is 0 Å². The summed E-state index contributed by atoms with van der Waals surface area (Å²) in [5.41, 5.74) is 9.80. The lowest BCUT2D eigenvalue weighted by molar-refractivity contribution is -0.138. The van der Waals surface area contributed by atoms with Crippen molar-refractivity contribution in [3.8, 4) is 0 Å². The van der Waals surface area contributed by atoms with Crippen LogP contribution in [0.5, 0.6) is 0 Å². The van der Waals surface area contributed by atoms with Crippen LogP contribution in [0.15, 0.2) is 0 Å². The van der Waals surface area contributed by atoms with E-state index in [2.05, 4.69) is 16.0 Å². The number of amides is 5. The molecule has 0 bridgehead atoms. The summed E-state index contributed by atoms with van der Waals surface area (Å²) in [7, 11) is 1.86. The van der Waals surface area contributed by atoms with Gasteiger partial charge in [0.05, 0.1) is 35.5 Å². The maximum Gasteiger partial charge on any atom is 0.242 e. The number of nitrogens with one attached hydrogen (secondary N) is 4. The quantitative estimate of drug-likeness (QED) is 0.0351. The second kappa shape index (κ2) is 20.4. The minimum atomic E-state index is -0.822. The van der Waals surface area contributed by atoms with E-state index in [-0.39, 0.29) is 55.3 Å². The number of likely N-dealkylation sites (tertiary alicyclic amines) is 1. The van der Waals surface area contributed by atoms with E-state index in [1.807, 2.05) is 34.7 Å². The lowest BCUT2D eigenvalue weighted by atomic mass is 10.0. The van der Waals surface area contributed by atoms with Gasteiger partial charge in [-0.15, -0.1) is 11.8 Å². The van der Waals surface area contributed by atoms with Crippen LogP contribution in [0.4, 0.5) is 0 Å². The Kier molecular flexibility index (Phi) is 18.2. The van der Waals surface area contributed by atoms with Gasteiger partial charge in [0.1, 0.15) is 6.04 Å². The van der Waals surface area contributed by atoms with Crippen LogP contribution in [-0.4, -0.2) is 108 Å². The summed E-state index contributed by atoms with van der Waals surface area (Å²) >= 11 is 1.38. The Morgan fingerprint density at radius 3 is 2.36 bits per heavy atom. The van der Waals surface area contributed by atoms with E-state index < -0.39 is 28.4 Å². The minimum absolute atomic E-state index is 0.0000912. The van der Waals surface area contributed by atoms with Gasteiger partial charge in [-0.2, -0.15) is 0 Å². The van der Waals surface area contributed by atoms with Gasteiger partial charge in [-0.1, -0.05) is 0 Å². The number of nitrogens with zero attached hydrogens (tertiary/aromatic N) is 1. The highest BCUT2D eigenvalue weighted by molar-refractivity contribution is 8.00. The third kappa shape index (κ3) is 17.5. The first kappa shape index (κ1) is 40.3. The molecule has 1 saturated heterocycles. The minimum Gasteiger partial charge on any atom is -0.388 e. The molecular formula is C30H55N7O7S. The molecule has 45 heavy (non-hydrogen) atoms. The summed E-state index contributed by atoms with van der Waals surface area (Å²) in [6.45, 7) is 9.73. The van der Waals surface area contributed by atoms with Crippen LogP contribution in [-0.2, 0) is 33.4 Å². The average molecular weight is 658 g/mol. The van der Waals surface area contributed by atoms with Crippen molar-refractivity contribution in [2.24, 2.45) is 11.5 Å². The van der Waals surface area contributed by atoms with Gasteiger partial charge >= 0.3 is 0 Å². The number of ether oxygens (including phenoxy) is 2. The molecule has 1 heterocycles. The number of hydrogen-bond donors (Lipinski definition) is 6. The number of amidine groups is 1. The Bertz CT molecular complexity index is 1010. The van der Waals surface area contributed by atoms with E-state index in [9.17, 15) is 24.0 Å². The number of nitrogens with two attached hydrogens (primary N) is 2. The second-order valence-electron chi connectivity index (χ2n) is 12.5. The van der Waals surface area contributed by atoms with Gasteiger partial charge in [0.25, 0.3) is 0 Å². The number of hydrogen-bond acceptors (Lipinski definition) is 10. The Morgan fingerprint density at radius 2 is 1.71 bits per heavy atom. The third-order valence-corrected chi connectivity index (χ3v) is 8.50. The first-order valence-electron chi connectivity index (χ1n) is 15.6. The van der Waals surface area contributed by atoms with E-state index in [0.29, 0.717) is 64.0 Å². The molecule has 2 unspecified atom stereocenters. The molecule has 0 aromatic heterocycles. The summed E-state index contributed by atoms with van der Waals surface area (Å²) in [6, 6.07) is -0.822. The first-order valence-corrected chi connectivity index (χ1v) is 16.7. The Hall–Kier alpha value is -2.75. The summed E-state index contributed by atoms with van der Waals surface area (Å²) in [4.78, 5) is 62.7. The fraction of sp³-hybridized carbons (Fsp3) is 0.800. The molecule has 1 aliphatic rings. The average Bonchev–Trinajstić information content (AvgIpc) is 3.22. The second-order valence-corrected chi connectivity index (χ2v) is 13.8. The number of likely N-dealkylation sites (N-methyl/N-ethyl adjacent to an activating group) is 1. The topological polar surface area (TPSA) is 219 Å². The van der Waals surface area contributed by atoms with Crippen molar-refractivity contribution in [3.63, 3.8) is 0 Å². The van der Waals surface area contributed by atoms with Crippen molar-refractivity contribution in [1.29, 1.82) is 5.41 Å². The number of carbonyl (C=O) groups is 5.